The highest BCUT2D eigenvalue weighted by Crippen LogP contribution is 2.30. The zero-order valence-electron chi connectivity index (χ0n) is 19.3. The summed E-state index contributed by atoms with van der Waals surface area (Å²) in [5, 5.41) is 2.98. The van der Waals surface area contributed by atoms with E-state index in [1.807, 2.05) is 44.2 Å². The van der Waals surface area contributed by atoms with Crippen LogP contribution in [0.5, 0.6) is 0 Å². The lowest BCUT2D eigenvalue weighted by atomic mass is 9.89. The molecule has 0 aliphatic carbocycles. The van der Waals surface area contributed by atoms with Gasteiger partial charge in [-0.25, -0.2) is 8.78 Å². The van der Waals surface area contributed by atoms with Crippen LogP contribution in [0.3, 0.4) is 0 Å². The number of rotatable bonds is 5. The summed E-state index contributed by atoms with van der Waals surface area (Å²) in [6.45, 7) is 5.12. The third kappa shape index (κ3) is 5.30. The van der Waals surface area contributed by atoms with Crippen LogP contribution in [-0.2, 0) is 6.54 Å². The number of hydrogen-bond donors (Lipinski definition) is 1. The molecule has 0 unspecified atom stereocenters. The van der Waals surface area contributed by atoms with Crippen LogP contribution in [-0.4, -0.2) is 34.8 Å². The zero-order valence-corrected chi connectivity index (χ0v) is 19.3. The summed E-state index contributed by atoms with van der Waals surface area (Å²) in [5.41, 5.74) is 4.11. The average molecular weight is 464 g/mol. The number of aromatic nitrogens is 1. The highest BCUT2D eigenvalue weighted by atomic mass is 19.1. The molecule has 1 N–H and O–H groups in total. The molecule has 1 aliphatic heterocycles. The SMILES string of the molecule is Cc1ccc(CNC(=O)c2ccc(C)nc2C2CCN(C(=O)c3ccc(F)cc3F)CC2)cc1. The van der Waals surface area contributed by atoms with Crippen LogP contribution in [0.4, 0.5) is 8.78 Å². The Morgan fingerprint density at radius 1 is 0.971 bits per heavy atom. The third-order valence-electron chi connectivity index (χ3n) is 6.21. The van der Waals surface area contributed by atoms with Gasteiger partial charge in [0.05, 0.1) is 16.8 Å². The second-order valence-corrected chi connectivity index (χ2v) is 8.74. The minimum absolute atomic E-state index is 0.00198. The fraction of sp³-hybridized carbons (Fsp3) is 0.296. The molecule has 1 aliphatic rings. The van der Waals surface area contributed by atoms with Crippen LogP contribution in [0.25, 0.3) is 0 Å². The van der Waals surface area contributed by atoms with E-state index in [1.165, 1.54) is 6.07 Å². The molecule has 0 saturated carbocycles. The van der Waals surface area contributed by atoms with Gasteiger partial charge >= 0.3 is 0 Å². The first-order valence-electron chi connectivity index (χ1n) is 11.4. The van der Waals surface area contributed by atoms with E-state index in [9.17, 15) is 18.4 Å². The van der Waals surface area contributed by atoms with Gasteiger partial charge in [0.25, 0.3) is 11.8 Å². The molecule has 0 atom stereocenters. The quantitative estimate of drug-likeness (QED) is 0.584. The molecule has 0 spiro atoms. The second-order valence-electron chi connectivity index (χ2n) is 8.74. The van der Waals surface area contributed by atoms with Crippen LogP contribution in [0.1, 0.15) is 62.0 Å². The summed E-state index contributed by atoms with van der Waals surface area (Å²) in [6.07, 6.45) is 1.20. The van der Waals surface area contributed by atoms with E-state index >= 15 is 0 Å². The maximum absolute atomic E-state index is 14.1. The number of carbonyl (C=O) groups is 2. The largest absolute Gasteiger partial charge is 0.348 e. The van der Waals surface area contributed by atoms with Crippen LogP contribution in [0.2, 0.25) is 0 Å². The first-order chi connectivity index (χ1) is 16.3. The van der Waals surface area contributed by atoms with Gasteiger partial charge in [0.2, 0.25) is 0 Å². The Balaban J connectivity index is 1.44. The predicted octanol–water partition coefficient (Wildman–Crippen LogP) is 4.93. The highest BCUT2D eigenvalue weighted by molar-refractivity contribution is 5.96. The van der Waals surface area contributed by atoms with Crippen molar-refractivity contribution in [2.45, 2.75) is 39.2 Å². The summed E-state index contributed by atoms with van der Waals surface area (Å²) in [4.78, 5) is 32.0. The molecule has 2 aromatic carbocycles. The van der Waals surface area contributed by atoms with E-state index < -0.39 is 17.5 Å². The second kappa shape index (κ2) is 10.1. The molecule has 3 aromatic rings. The molecule has 0 bridgehead atoms. The lowest BCUT2D eigenvalue weighted by molar-refractivity contribution is 0.0705. The maximum atomic E-state index is 14.1. The van der Waals surface area contributed by atoms with E-state index in [2.05, 4.69) is 10.3 Å². The van der Waals surface area contributed by atoms with Gasteiger partial charge in [-0.2, -0.15) is 0 Å². The number of pyridine rings is 1. The van der Waals surface area contributed by atoms with Crippen LogP contribution < -0.4 is 5.32 Å². The molecular formula is C27H27F2N3O2. The fourth-order valence-corrected chi connectivity index (χ4v) is 4.25. The Morgan fingerprint density at radius 2 is 1.65 bits per heavy atom. The fourth-order valence-electron chi connectivity index (χ4n) is 4.25. The summed E-state index contributed by atoms with van der Waals surface area (Å²) < 4.78 is 27.2. The van der Waals surface area contributed by atoms with Gasteiger partial charge < -0.3 is 10.2 Å². The molecule has 5 nitrogen and oxygen atoms in total. The molecule has 176 valence electrons. The highest BCUT2D eigenvalue weighted by Gasteiger charge is 2.29. The van der Waals surface area contributed by atoms with Crippen LogP contribution in [0, 0.1) is 25.5 Å². The first-order valence-corrected chi connectivity index (χ1v) is 11.4. The monoisotopic (exact) mass is 463 g/mol. The molecule has 7 heteroatoms. The van der Waals surface area contributed by atoms with Gasteiger partial charge in [-0.3, -0.25) is 14.6 Å². The number of carbonyl (C=O) groups excluding carboxylic acids is 2. The Kier molecular flexibility index (Phi) is 7.01. The number of nitrogens with one attached hydrogen (secondary N) is 1. The molecule has 1 fully saturated rings. The van der Waals surface area contributed by atoms with E-state index in [0.717, 1.165) is 34.6 Å². The maximum Gasteiger partial charge on any atom is 0.256 e. The predicted molar refractivity (Wildman–Crippen MR) is 126 cm³/mol. The number of nitrogens with zero attached hydrogens (tertiary/aromatic N) is 2. The van der Waals surface area contributed by atoms with E-state index in [1.54, 1.807) is 11.0 Å². The molecule has 2 heterocycles. The van der Waals surface area contributed by atoms with E-state index in [-0.39, 0.29) is 17.4 Å². The Morgan fingerprint density at radius 3 is 2.32 bits per heavy atom. The summed E-state index contributed by atoms with van der Waals surface area (Å²) in [6, 6.07) is 14.6. The molecular weight excluding hydrogens is 436 g/mol. The van der Waals surface area contributed by atoms with Crippen molar-refractivity contribution < 1.29 is 18.4 Å². The van der Waals surface area contributed by atoms with Crippen molar-refractivity contribution in [3.8, 4) is 0 Å². The topological polar surface area (TPSA) is 62.3 Å². The van der Waals surface area contributed by atoms with Gasteiger partial charge in [0.1, 0.15) is 11.6 Å². The van der Waals surface area contributed by atoms with Gasteiger partial charge in [-0.15, -0.1) is 0 Å². The van der Waals surface area contributed by atoms with Gasteiger partial charge in [-0.1, -0.05) is 29.8 Å². The summed E-state index contributed by atoms with van der Waals surface area (Å²) >= 11 is 0. The molecule has 1 saturated heterocycles. The van der Waals surface area contributed by atoms with Crippen molar-refractivity contribution >= 4 is 11.8 Å². The summed E-state index contributed by atoms with van der Waals surface area (Å²) in [7, 11) is 0. The molecule has 0 radical (unpaired) electrons. The molecule has 1 aromatic heterocycles. The van der Waals surface area contributed by atoms with Crippen molar-refractivity contribution in [1.82, 2.24) is 15.2 Å². The number of benzene rings is 2. The number of halogens is 2. The number of amides is 2. The lowest BCUT2D eigenvalue weighted by Crippen LogP contribution is -2.39. The van der Waals surface area contributed by atoms with Gasteiger partial charge in [0, 0.05) is 37.3 Å². The first kappa shape index (κ1) is 23.5. The van der Waals surface area contributed by atoms with Gasteiger partial charge in [-0.05, 0) is 56.5 Å². The Bertz CT molecular complexity index is 1200. The minimum atomic E-state index is -0.861. The average Bonchev–Trinajstić information content (AvgIpc) is 2.83. The van der Waals surface area contributed by atoms with E-state index in [0.29, 0.717) is 38.0 Å². The van der Waals surface area contributed by atoms with Crippen molar-refractivity contribution in [2.24, 2.45) is 0 Å². The van der Waals surface area contributed by atoms with Crippen molar-refractivity contribution in [3.05, 3.63) is 99.9 Å². The Hall–Kier alpha value is -3.61. The van der Waals surface area contributed by atoms with Crippen molar-refractivity contribution in [1.29, 1.82) is 0 Å². The Labute approximate surface area is 197 Å². The van der Waals surface area contributed by atoms with Crippen LogP contribution >= 0.6 is 0 Å². The third-order valence-corrected chi connectivity index (χ3v) is 6.21. The smallest absolute Gasteiger partial charge is 0.256 e. The number of likely N-dealkylation sites (tertiary alicyclic amines) is 1. The molecule has 34 heavy (non-hydrogen) atoms. The normalized spacial score (nSPS) is 14.2. The van der Waals surface area contributed by atoms with Crippen molar-refractivity contribution in [2.75, 3.05) is 13.1 Å². The van der Waals surface area contributed by atoms with Crippen LogP contribution in [0.15, 0.2) is 54.6 Å². The standard InChI is InChI=1S/C27H27F2N3O2/c1-17-3-6-19(7-4-17)16-30-26(33)23-9-5-18(2)31-25(23)20-11-13-32(14-12-20)27(34)22-10-8-21(28)15-24(22)29/h3-10,15,20H,11-14,16H2,1-2H3,(H,30,33). The van der Waals surface area contributed by atoms with Crippen molar-refractivity contribution in [3.63, 3.8) is 0 Å². The summed E-state index contributed by atoms with van der Waals surface area (Å²) in [5.74, 6) is -2.22. The number of hydrogen-bond acceptors (Lipinski definition) is 3. The lowest BCUT2D eigenvalue weighted by Gasteiger charge is -2.32. The molecule has 2 amide bonds. The number of piperidine rings is 1. The van der Waals surface area contributed by atoms with E-state index in [4.69, 9.17) is 0 Å². The zero-order chi connectivity index (χ0) is 24.2. The molecule has 4 rings (SSSR count). The van der Waals surface area contributed by atoms with Gasteiger partial charge in [0.15, 0.2) is 0 Å². The minimum Gasteiger partial charge on any atom is -0.348 e. The number of aryl methyl sites for hydroxylation is 2.